The van der Waals surface area contributed by atoms with Gasteiger partial charge in [0.2, 0.25) is 0 Å². The highest BCUT2D eigenvalue weighted by Crippen LogP contribution is 2.61. The van der Waals surface area contributed by atoms with Gasteiger partial charge in [-0.05, 0) is 126 Å². The normalized spacial score (nSPS) is 20.8. The molecule has 0 aliphatic heterocycles. The Balaban J connectivity index is 1.04. The van der Waals surface area contributed by atoms with Crippen LogP contribution >= 0.6 is 0 Å². The molecule has 7 aromatic carbocycles. The molecule has 4 fully saturated rings. The van der Waals surface area contributed by atoms with Gasteiger partial charge in [0.15, 0.2) is 17.5 Å². The van der Waals surface area contributed by atoms with Crippen LogP contribution in [-0.4, -0.2) is 15.0 Å². The molecule has 0 N–H and O–H groups in total. The maximum Gasteiger partial charge on any atom is 0.167 e. The standard InChI is InChI=1S/C55H41N3O2/c1-2-10-36(11-3-1)37-20-22-38(23-21-37)39-27-40(29-41(28-39)55-30-33-24-34(31-55)26-35(25-33)32-55)52-56-53(46-16-8-14-44-42-12-4-6-18-48(42)59-50(44)46)58-54(57-52)47-17-9-15-45-43-13-5-7-19-49(43)60-51(45)47/h1-23,27-29,33-35H,24-26,30-32H2. The molecular formula is C55H41N3O2. The molecule has 3 aromatic heterocycles. The van der Waals surface area contributed by atoms with Crippen molar-refractivity contribution in [2.45, 2.75) is 43.9 Å². The minimum atomic E-state index is 0.169. The molecule has 0 unspecified atom stereocenters. The first-order valence-corrected chi connectivity index (χ1v) is 21.5. The number of aromatic nitrogens is 3. The number of para-hydroxylation sites is 4. The van der Waals surface area contributed by atoms with Gasteiger partial charge in [-0.15, -0.1) is 0 Å². The molecule has 288 valence electrons. The van der Waals surface area contributed by atoms with Crippen LogP contribution in [0.5, 0.6) is 0 Å². The summed E-state index contributed by atoms with van der Waals surface area (Å²) in [5.41, 5.74) is 12.3. The summed E-state index contributed by atoms with van der Waals surface area (Å²) < 4.78 is 13.2. The molecule has 0 amide bonds. The van der Waals surface area contributed by atoms with E-state index in [-0.39, 0.29) is 5.41 Å². The van der Waals surface area contributed by atoms with E-state index < -0.39 is 0 Å². The lowest BCUT2D eigenvalue weighted by atomic mass is 9.48. The molecule has 0 atom stereocenters. The third-order valence-corrected chi connectivity index (χ3v) is 14.1. The van der Waals surface area contributed by atoms with Crippen molar-refractivity contribution in [3.05, 3.63) is 163 Å². The molecule has 60 heavy (non-hydrogen) atoms. The first-order valence-electron chi connectivity index (χ1n) is 21.5. The summed E-state index contributed by atoms with van der Waals surface area (Å²) in [6.45, 7) is 0. The fourth-order valence-corrected chi connectivity index (χ4v) is 11.8. The smallest absolute Gasteiger partial charge is 0.167 e. The third kappa shape index (κ3) is 5.41. The number of hydrogen-bond donors (Lipinski definition) is 0. The van der Waals surface area contributed by atoms with Gasteiger partial charge in [-0.25, -0.2) is 15.0 Å². The summed E-state index contributed by atoms with van der Waals surface area (Å²) in [6.07, 6.45) is 7.99. The average Bonchev–Trinajstić information content (AvgIpc) is 3.88. The highest BCUT2D eigenvalue weighted by Gasteiger charge is 2.51. The van der Waals surface area contributed by atoms with E-state index in [4.69, 9.17) is 23.8 Å². The number of rotatable bonds is 6. The second-order valence-electron chi connectivity index (χ2n) is 17.8. The monoisotopic (exact) mass is 775 g/mol. The molecular weight excluding hydrogens is 735 g/mol. The van der Waals surface area contributed by atoms with Gasteiger partial charge >= 0.3 is 0 Å². The Kier molecular flexibility index (Phi) is 7.42. The second kappa shape index (κ2) is 13.1. The van der Waals surface area contributed by atoms with Crippen LogP contribution in [0.2, 0.25) is 0 Å². The summed E-state index contributed by atoms with van der Waals surface area (Å²) >= 11 is 0. The van der Waals surface area contributed by atoms with Crippen molar-refractivity contribution in [2.75, 3.05) is 0 Å². The summed E-state index contributed by atoms with van der Waals surface area (Å²) in [5, 5.41) is 4.22. The molecule has 14 rings (SSSR count). The quantitative estimate of drug-likeness (QED) is 0.168. The Morgan fingerprint density at radius 3 is 1.40 bits per heavy atom. The predicted molar refractivity (Wildman–Crippen MR) is 241 cm³/mol. The topological polar surface area (TPSA) is 65.0 Å². The molecule has 5 nitrogen and oxygen atoms in total. The highest BCUT2D eigenvalue weighted by molar-refractivity contribution is 6.10. The SMILES string of the molecule is c1ccc(-c2ccc(-c3cc(-c4nc(-c5cccc6c5oc5ccccc56)nc(-c5cccc6c5oc5ccccc56)n4)cc(C45CC6CC(CC(C6)C4)C5)c3)cc2)cc1. The van der Waals surface area contributed by atoms with Crippen molar-refractivity contribution in [2.24, 2.45) is 17.8 Å². The number of hydrogen-bond acceptors (Lipinski definition) is 5. The maximum absolute atomic E-state index is 6.60. The van der Waals surface area contributed by atoms with E-state index in [2.05, 4.69) is 133 Å². The van der Waals surface area contributed by atoms with Crippen LogP contribution in [0.3, 0.4) is 0 Å². The Bertz CT molecular complexity index is 3140. The molecule has 0 spiro atoms. The van der Waals surface area contributed by atoms with E-state index >= 15 is 0 Å². The van der Waals surface area contributed by atoms with Crippen molar-refractivity contribution in [1.82, 2.24) is 15.0 Å². The van der Waals surface area contributed by atoms with E-state index in [1.807, 2.05) is 24.3 Å². The first-order chi connectivity index (χ1) is 29.6. The van der Waals surface area contributed by atoms with Gasteiger partial charge in [0.1, 0.15) is 22.3 Å². The van der Waals surface area contributed by atoms with Gasteiger partial charge in [0.05, 0.1) is 11.1 Å². The zero-order valence-corrected chi connectivity index (χ0v) is 33.1. The summed E-state index contributed by atoms with van der Waals surface area (Å²) in [4.78, 5) is 16.1. The van der Waals surface area contributed by atoms with Crippen LogP contribution in [0.25, 0.3) is 100 Å². The van der Waals surface area contributed by atoms with E-state index in [9.17, 15) is 0 Å². The summed E-state index contributed by atoms with van der Waals surface area (Å²) in [7, 11) is 0. The largest absolute Gasteiger partial charge is 0.455 e. The van der Waals surface area contributed by atoms with Crippen LogP contribution in [0, 0.1) is 17.8 Å². The zero-order chi connectivity index (χ0) is 39.4. The molecule has 3 heterocycles. The third-order valence-electron chi connectivity index (χ3n) is 14.1. The average molecular weight is 776 g/mol. The molecule has 10 aromatic rings. The van der Waals surface area contributed by atoms with Crippen LogP contribution in [0.4, 0.5) is 0 Å². The maximum atomic E-state index is 6.60. The molecule has 4 aliphatic rings. The van der Waals surface area contributed by atoms with Gasteiger partial charge < -0.3 is 8.83 Å². The predicted octanol–water partition coefficient (Wildman–Crippen LogP) is 14.5. The Morgan fingerprint density at radius 2 is 0.833 bits per heavy atom. The fourth-order valence-electron chi connectivity index (χ4n) is 11.8. The Labute approximate surface area is 347 Å². The van der Waals surface area contributed by atoms with Gasteiger partial charge in [0.25, 0.3) is 0 Å². The molecule has 0 radical (unpaired) electrons. The van der Waals surface area contributed by atoms with Crippen molar-refractivity contribution in [3.63, 3.8) is 0 Å². The van der Waals surface area contributed by atoms with Gasteiger partial charge in [-0.1, -0.05) is 121 Å². The number of furan rings is 2. The second-order valence-corrected chi connectivity index (χ2v) is 17.8. The van der Waals surface area contributed by atoms with Gasteiger partial charge in [-0.2, -0.15) is 0 Å². The van der Waals surface area contributed by atoms with Crippen LogP contribution in [0.1, 0.15) is 44.1 Å². The minimum absolute atomic E-state index is 0.169. The van der Waals surface area contributed by atoms with E-state index in [0.29, 0.717) is 17.5 Å². The van der Waals surface area contributed by atoms with Gasteiger partial charge in [0, 0.05) is 27.1 Å². The summed E-state index contributed by atoms with van der Waals surface area (Å²) in [5.74, 6) is 4.24. The molecule has 4 bridgehead atoms. The van der Waals surface area contributed by atoms with E-state index in [1.165, 1.54) is 66.3 Å². The van der Waals surface area contributed by atoms with Crippen molar-refractivity contribution >= 4 is 43.9 Å². The van der Waals surface area contributed by atoms with Crippen molar-refractivity contribution in [1.29, 1.82) is 0 Å². The van der Waals surface area contributed by atoms with Gasteiger partial charge in [-0.3, -0.25) is 0 Å². The lowest BCUT2D eigenvalue weighted by molar-refractivity contribution is -0.00515. The van der Waals surface area contributed by atoms with Crippen LogP contribution in [0.15, 0.2) is 167 Å². The molecule has 4 saturated carbocycles. The van der Waals surface area contributed by atoms with Crippen molar-refractivity contribution in [3.8, 4) is 56.4 Å². The Hall–Kier alpha value is -6.85. The van der Waals surface area contributed by atoms with Crippen LogP contribution < -0.4 is 0 Å². The lowest BCUT2D eigenvalue weighted by Gasteiger charge is -2.57. The number of benzene rings is 7. The molecule has 5 heteroatoms. The Morgan fingerprint density at radius 1 is 0.383 bits per heavy atom. The lowest BCUT2D eigenvalue weighted by Crippen LogP contribution is -2.48. The van der Waals surface area contributed by atoms with E-state index in [1.54, 1.807) is 0 Å². The minimum Gasteiger partial charge on any atom is -0.455 e. The highest BCUT2D eigenvalue weighted by atomic mass is 16.3. The van der Waals surface area contributed by atoms with Crippen molar-refractivity contribution < 1.29 is 8.83 Å². The first kappa shape index (κ1) is 34.1. The fraction of sp³-hybridized carbons (Fsp3) is 0.182. The number of nitrogens with zero attached hydrogens (tertiary/aromatic N) is 3. The zero-order valence-electron chi connectivity index (χ0n) is 33.1. The number of fused-ring (bicyclic) bond motifs is 6. The van der Waals surface area contributed by atoms with E-state index in [0.717, 1.165) is 78.3 Å². The molecule has 0 saturated heterocycles. The molecule has 4 aliphatic carbocycles. The summed E-state index contributed by atoms with van der Waals surface area (Å²) in [6, 6.07) is 55.9. The van der Waals surface area contributed by atoms with Crippen LogP contribution in [-0.2, 0) is 5.41 Å².